The molecule has 3 N–H and O–H groups in total. The first-order valence-electron chi connectivity index (χ1n) is 23.7. The Morgan fingerprint density at radius 2 is 0.982 bits per heavy atom. The van der Waals surface area contributed by atoms with E-state index >= 15 is 0 Å². The summed E-state index contributed by atoms with van der Waals surface area (Å²) in [7, 11) is 1.57. The summed E-state index contributed by atoms with van der Waals surface area (Å²) in [5.74, 6) is -0.187. The molecule has 0 aromatic rings. The Bertz CT molecular complexity index is 969. The van der Waals surface area contributed by atoms with Gasteiger partial charge in [0.25, 0.3) is 0 Å². The van der Waals surface area contributed by atoms with Gasteiger partial charge in [0.15, 0.2) is 0 Å². The Labute approximate surface area is 347 Å². The van der Waals surface area contributed by atoms with Gasteiger partial charge >= 0.3 is 7.82 Å². The van der Waals surface area contributed by atoms with Crippen LogP contribution >= 0.6 is 7.82 Å². The second-order valence-electron chi connectivity index (χ2n) is 17.5. The molecule has 56 heavy (non-hydrogen) atoms. The fraction of sp³-hybridized carbons (Fsp3) is 0.894. The Morgan fingerprint density at radius 1 is 0.589 bits per heavy atom. The van der Waals surface area contributed by atoms with Gasteiger partial charge in [0.05, 0.1) is 39.9 Å². The minimum atomic E-state index is -4.34. The number of allylic oxidation sites excluding steroid dienone is 3. The van der Waals surface area contributed by atoms with E-state index in [1.165, 1.54) is 148 Å². The van der Waals surface area contributed by atoms with E-state index in [9.17, 15) is 19.4 Å². The van der Waals surface area contributed by atoms with Gasteiger partial charge in [-0.1, -0.05) is 199 Å². The van der Waals surface area contributed by atoms with Crippen molar-refractivity contribution in [3.05, 3.63) is 24.3 Å². The van der Waals surface area contributed by atoms with Crippen molar-refractivity contribution in [1.29, 1.82) is 0 Å². The van der Waals surface area contributed by atoms with Crippen molar-refractivity contribution < 1.29 is 32.9 Å². The fourth-order valence-corrected chi connectivity index (χ4v) is 7.58. The van der Waals surface area contributed by atoms with Crippen LogP contribution < -0.4 is 5.32 Å². The zero-order valence-corrected chi connectivity index (χ0v) is 38.5. The average Bonchev–Trinajstić information content (AvgIpc) is 3.15. The SMILES string of the molecule is CCCC/C=C\CCCCCCCC(=O)NC(COP(=O)(O)OCC[N+](C)(C)C)C(O)/C=C/CCCCCCCCCCCCCCCCCCCCCCC. The monoisotopic (exact) mass is 814 g/mol. The lowest BCUT2D eigenvalue weighted by molar-refractivity contribution is -0.870. The van der Waals surface area contributed by atoms with Crippen LogP contribution in [0.5, 0.6) is 0 Å². The number of unbranched alkanes of at least 4 members (excludes halogenated alkanes) is 28. The number of hydrogen-bond donors (Lipinski definition) is 3. The molecule has 0 heterocycles. The summed E-state index contributed by atoms with van der Waals surface area (Å²) in [4.78, 5) is 23.1. The highest BCUT2D eigenvalue weighted by Gasteiger charge is 2.27. The molecule has 1 amide bonds. The lowest BCUT2D eigenvalue weighted by Crippen LogP contribution is -2.45. The van der Waals surface area contributed by atoms with Crippen molar-refractivity contribution >= 4 is 13.7 Å². The van der Waals surface area contributed by atoms with Crippen LogP contribution in [0.3, 0.4) is 0 Å². The first-order valence-corrected chi connectivity index (χ1v) is 25.2. The Morgan fingerprint density at radius 3 is 1.43 bits per heavy atom. The third-order valence-electron chi connectivity index (χ3n) is 10.7. The lowest BCUT2D eigenvalue weighted by Gasteiger charge is -2.25. The number of rotatable bonds is 43. The summed E-state index contributed by atoms with van der Waals surface area (Å²) in [6, 6.07) is -0.847. The lowest BCUT2D eigenvalue weighted by atomic mass is 10.0. The molecule has 0 aliphatic rings. The maximum absolute atomic E-state index is 12.8. The molecule has 9 heteroatoms. The summed E-state index contributed by atoms with van der Waals surface area (Å²) in [5.41, 5.74) is 0. The van der Waals surface area contributed by atoms with E-state index in [-0.39, 0.29) is 19.1 Å². The first kappa shape index (κ1) is 55.0. The number of amides is 1. The van der Waals surface area contributed by atoms with Crippen molar-refractivity contribution in [2.75, 3.05) is 40.9 Å². The normalized spacial score (nSPS) is 14.5. The van der Waals surface area contributed by atoms with Crippen LogP contribution in [0.1, 0.15) is 219 Å². The van der Waals surface area contributed by atoms with Gasteiger partial charge in [0.2, 0.25) is 5.91 Å². The molecule has 0 aromatic heterocycles. The predicted molar refractivity (Wildman–Crippen MR) is 240 cm³/mol. The third kappa shape index (κ3) is 41.2. The molecular formula is C47H94N2O6P+. The summed E-state index contributed by atoms with van der Waals surface area (Å²) >= 11 is 0. The average molecular weight is 814 g/mol. The van der Waals surface area contributed by atoms with E-state index < -0.39 is 20.0 Å². The van der Waals surface area contributed by atoms with Gasteiger partial charge in [-0.15, -0.1) is 0 Å². The zero-order valence-electron chi connectivity index (χ0n) is 37.6. The van der Waals surface area contributed by atoms with Crippen LogP contribution in [0.2, 0.25) is 0 Å². The van der Waals surface area contributed by atoms with Crippen LogP contribution in [0.25, 0.3) is 0 Å². The van der Waals surface area contributed by atoms with Gasteiger partial charge in [-0.25, -0.2) is 4.57 Å². The van der Waals surface area contributed by atoms with E-state index in [4.69, 9.17) is 9.05 Å². The fourth-order valence-electron chi connectivity index (χ4n) is 6.85. The molecule has 0 fully saturated rings. The molecular weight excluding hydrogens is 719 g/mol. The number of phosphoric ester groups is 1. The van der Waals surface area contributed by atoms with E-state index in [2.05, 4.69) is 31.3 Å². The smallest absolute Gasteiger partial charge is 0.387 e. The highest BCUT2D eigenvalue weighted by Crippen LogP contribution is 2.43. The maximum atomic E-state index is 12.8. The Balaban J connectivity index is 4.27. The van der Waals surface area contributed by atoms with E-state index in [0.717, 1.165) is 51.4 Å². The van der Waals surface area contributed by atoms with Crippen LogP contribution in [-0.4, -0.2) is 73.4 Å². The maximum Gasteiger partial charge on any atom is 0.472 e. The predicted octanol–water partition coefficient (Wildman–Crippen LogP) is 13.3. The summed E-state index contributed by atoms with van der Waals surface area (Å²) in [5, 5.41) is 13.8. The zero-order chi connectivity index (χ0) is 41.4. The number of nitrogens with zero attached hydrogens (tertiary/aromatic N) is 1. The largest absolute Gasteiger partial charge is 0.472 e. The van der Waals surface area contributed by atoms with Crippen molar-refractivity contribution in [3.8, 4) is 0 Å². The number of aliphatic hydroxyl groups is 1. The molecule has 332 valence electrons. The van der Waals surface area contributed by atoms with Gasteiger partial charge in [-0.3, -0.25) is 13.8 Å². The Hall–Kier alpha value is -1.02. The van der Waals surface area contributed by atoms with Gasteiger partial charge < -0.3 is 19.8 Å². The molecule has 0 rings (SSSR count). The molecule has 0 aromatic carbocycles. The second kappa shape index (κ2) is 39.4. The Kier molecular flexibility index (Phi) is 38.7. The van der Waals surface area contributed by atoms with Crippen molar-refractivity contribution in [3.63, 3.8) is 0 Å². The highest BCUT2D eigenvalue weighted by molar-refractivity contribution is 7.47. The van der Waals surface area contributed by atoms with Crippen molar-refractivity contribution in [2.45, 2.75) is 231 Å². The van der Waals surface area contributed by atoms with E-state index in [0.29, 0.717) is 17.4 Å². The first-order chi connectivity index (χ1) is 27.0. The molecule has 0 saturated carbocycles. The molecule has 0 spiro atoms. The second-order valence-corrected chi connectivity index (χ2v) is 18.9. The van der Waals surface area contributed by atoms with Crippen LogP contribution in [0.4, 0.5) is 0 Å². The number of carbonyl (C=O) groups excluding carboxylic acids is 1. The van der Waals surface area contributed by atoms with Crippen LogP contribution in [0.15, 0.2) is 24.3 Å². The molecule has 0 saturated heterocycles. The number of likely N-dealkylation sites (N-methyl/N-ethyl adjacent to an activating group) is 1. The number of hydrogen-bond acceptors (Lipinski definition) is 5. The molecule has 0 radical (unpaired) electrons. The van der Waals surface area contributed by atoms with Crippen LogP contribution in [0, 0.1) is 0 Å². The van der Waals surface area contributed by atoms with Gasteiger partial charge in [-0.2, -0.15) is 0 Å². The van der Waals surface area contributed by atoms with E-state index in [1.54, 1.807) is 6.08 Å². The molecule has 0 aliphatic heterocycles. The number of carbonyl (C=O) groups is 1. The minimum absolute atomic E-state index is 0.0609. The molecule has 0 bridgehead atoms. The summed E-state index contributed by atoms with van der Waals surface area (Å²) in [6.07, 6.45) is 46.9. The number of nitrogens with one attached hydrogen (secondary N) is 1. The van der Waals surface area contributed by atoms with Crippen molar-refractivity contribution in [1.82, 2.24) is 5.32 Å². The number of phosphoric acid groups is 1. The van der Waals surface area contributed by atoms with E-state index in [1.807, 2.05) is 27.2 Å². The minimum Gasteiger partial charge on any atom is -0.387 e. The van der Waals surface area contributed by atoms with Gasteiger partial charge in [0.1, 0.15) is 13.2 Å². The topological polar surface area (TPSA) is 105 Å². The molecule has 0 aliphatic carbocycles. The summed E-state index contributed by atoms with van der Waals surface area (Å²) < 4.78 is 23.5. The highest BCUT2D eigenvalue weighted by atomic mass is 31.2. The quantitative estimate of drug-likeness (QED) is 0.0245. The standard InChI is InChI=1S/C47H93N2O6P/c1-6-8-10-12-14-16-18-19-20-21-22-23-24-25-26-27-28-29-31-32-34-36-38-40-46(50)45(44-55-56(52,53)54-43-42-49(3,4)5)48-47(51)41-39-37-35-33-30-17-15-13-11-9-7-2/h13,15,38,40,45-46,50H,6-12,14,16-37,39,41-44H2,1-5H3,(H-,48,51,52,53)/p+1/b15-13-,40-38+. The van der Waals surface area contributed by atoms with Crippen molar-refractivity contribution in [2.24, 2.45) is 0 Å². The number of aliphatic hydroxyl groups excluding tert-OH is 1. The van der Waals surface area contributed by atoms with Crippen LogP contribution in [-0.2, 0) is 18.4 Å². The molecule has 3 unspecified atom stereocenters. The molecule has 3 atom stereocenters. The van der Waals surface area contributed by atoms with Gasteiger partial charge in [0, 0.05) is 6.42 Å². The number of quaternary nitrogens is 1. The van der Waals surface area contributed by atoms with Gasteiger partial charge in [-0.05, 0) is 38.5 Å². The molecule has 8 nitrogen and oxygen atoms in total. The third-order valence-corrected chi connectivity index (χ3v) is 11.6. The summed E-state index contributed by atoms with van der Waals surface area (Å²) in [6.45, 7) is 4.78.